The van der Waals surface area contributed by atoms with E-state index in [4.69, 9.17) is 0 Å². The Morgan fingerprint density at radius 2 is 1.91 bits per heavy atom. The second-order valence-electron chi connectivity index (χ2n) is 1.56. The second kappa shape index (κ2) is 7.63. The van der Waals surface area contributed by atoms with E-state index in [0.29, 0.717) is 11.0 Å². The largest absolute Gasteiger partial charge is 1.00 e. The molecule has 0 aromatic heterocycles. The average molecular weight is 204 g/mol. The summed E-state index contributed by atoms with van der Waals surface area (Å²) in [4.78, 5) is 0. The van der Waals surface area contributed by atoms with Crippen LogP contribution in [0.2, 0.25) is 0 Å². The summed E-state index contributed by atoms with van der Waals surface area (Å²) in [6, 6.07) is 0. The molecule has 0 aromatic rings. The molecule has 0 aliphatic rings. The van der Waals surface area contributed by atoms with Gasteiger partial charge < -0.3 is 10.0 Å². The molecule has 60 valence electrons. The van der Waals surface area contributed by atoms with Crippen LogP contribution >= 0.6 is 0 Å². The summed E-state index contributed by atoms with van der Waals surface area (Å²) in [5, 5.41) is 0.625. The van der Waals surface area contributed by atoms with Crippen LogP contribution in [0.3, 0.4) is 0 Å². The van der Waals surface area contributed by atoms with Crippen molar-refractivity contribution in [2.24, 2.45) is 0 Å². The van der Waals surface area contributed by atoms with E-state index in [-0.39, 0.29) is 56.9 Å². The molecule has 6 heteroatoms. The Kier molecular flexibility index (Phi) is 12.4. The summed E-state index contributed by atoms with van der Waals surface area (Å²) in [5.41, 5.74) is 0.352. The molecular weight excluding hydrogens is 195 g/mol. The van der Waals surface area contributed by atoms with Crippen LogP contribution < -0.4 is 51.4 Å². The van der Waals surface area contributed by atoms with Gasteiger partial charge in [-0.1, -0.05) is 12.7 Å². The van der Waals surface area contributed by atoms with Gasteiger partial charge >= 0.3 is 51.4 Å². The van der Waals surface area contributed by atoms with Crippen LogP contribution in [0, 0.1) is 0 Å². The predicted molar refractivity (Wildman–Crippen MR) is 37.3 cm³/mol. The summed E-state index contributed by atoms with van der Waals surface area (Å²) in [5.74, 6) is 0. The van der Waals surface area contributed by atoms with Crippen LogP contribution in [0.1, 0.15) is 6.92 Å². The third kappa shape index (κ3) is 13.9. The zero-order chi connectivity index (χ0) is 7.49. The smallest absolute Gasteiger partial charge is 0.744 e. The molecular formula is C5H9KO4S. The zero-order valence-corrected chi connectivity index (χ0v) is 10.4. The first-order chi connectivity index (χ1) is 3.95. The molecule has 0 aliphatic carbocycles. The number of rotatable bonds is 2. The summed E-state index contributed by atoms with van der Waals surface area (Å²) in [6.45, 7) is 4.76. The third-order valence-corrected chi connectivity index (χ3v) is 1.31. The van der Waals surface area contributed by atoms with Gasteiger partial charge in [-0.25, -0.2) is 8.42 Å². The van der Waals surface area contributed by atoms with Crippen LogP contribution in [-0.2, 0) is 10.1 Å². The molecule has 0 rings (SSSR count). The quantitative estimate of drug-likeness (QED) is 0.269. The van der Waals surface area contributed by atoms with Gasteiger partial charge in [0, 0.05) is 5.41 Å². The molecule has 0 saturated heterocycles. The zero-order valence-electron chi connectivity index (χ0n) is 6.49. The SMILES string of the molecule is C=CC(C)=CS(=O)(=O)[O-].O.[K+]. The molecule has 11 heavy (non-hydrogen) atoms. The number of hydrogen-bond acceptors (Lipinski definition) is 3. The fourth-order valence-electron chi connectivity index (χ4n) is 0.276. The number of allylic oxidation sites excluding steroid dienone is 2. The fraction of sp³-hybridized carbons (Fsp3) is 0.200. The van der Waals surface area contributed by atoms with Gasteiger partial charge in [-0.05, 0) is 12.5 Å². The molecule has 0 fully saturated rings. The van der Waals surface area contributed by atoms with E-state index in [1.54, 1.807) is 0 Å². The van der Waals surface area contributed by atoms with Gasteiger partial charge in [0.25, 0.3) is 0 Å². The summed E-state index contributed by atoms with van der Waals surface area (Å²) in [7, 11) is -4.22. The van der Waals surface area contributed by atoms with Crippen molar-refractivity contribution in [1.29, 1.82) is 0 Å². The van der Waals surface area contributed by atoms with Crippen LogP contribution in [-0.4, -0.2) is 18.4 Å². The van der Waals surface area contributed by atoms with Crippen LogP contribution in [0.15, 0.2) is 23.6 Å². The number of hydrogen-bond donors (Lipinski definition) is 0. The van der Waals surface area contributed by atoms with Crippen molar-refractivity contribution in [2.75, 3.05) is 0 Å². The molecule has 0 saturated carbocycles. The standard InChI is InChI=1S/C5H8O3S.K.H2O/c1-3-5(2)4-9(6,7)8;;/h3-4H,1H2,2H3,(H,6,7,8);;1H2/q;+1;/p-1. The van der Waals surface area contributed by atoms with Gasteiger partial charge in [0.2, 0.25) is 0 Å². The van der Waals surface area contributed by atoms with Gasteiger partial charge in [-0.2, -0.15) is 0 Å². The molecule has 0 heterocycles. The molecule has 2 N–H and O–H groups in total. The monoisotopic (exact) mass is 204 g/mol. The van der Waals surface area contributed by atoms with Crippen molar-refractivity contribution in [3.05, 3.63) is 23.6 Å². The van der Waals surface area contributed by atoms with E-state index in [1.807, 2.05) is 0 Å². The molecule has 0 spiro atoms. The van der Waals surface area contributed by atoms with Gasteiger partial charge in [-0.15, -0.1) is 0 Å². The van der Waals surface area contributed by atoms with E-state index < -0.39 is 10.1 Å². The summed E-state index contributed by atoms with van der Waals surface area (Å²) >= 11 is 0. The molecule has 0 atom stereocenters. The molecule has 0 bridgehead atoms. The van der Waals surface area contributed by atoms with Gasteiger partial charge in [0.15, 0.2) is 0 Å². The Morgan fingerprint density at radius 1 is 1.55 bits per heavy atom. The Hall–Kier alpha value is 0.986. The molecule has 4 nitrogen and oxygen atoms in total. The van der Waals surface area contributed by atoms with Gasteiger partial charge in [0.1, 0.15) is 10.1 Å². The predicted octanol–water partition coefficient (Wildman–Crippen LogP) is -3.20. The van der Waals surface area contributed by atoms with E-state index in [9.17, 15) is 13.0 Å². The molecule has 0 unspecified atom stereocenters. The Balaban J connectivity index is -0.000000320. The van der Waals surface area contributed by atoms with E-state index in [2.05, 4.69) is 6.58 Å². The first-order valence-electron chi connectivity index (χ1n) is 2.22. The van der Waals surface area contributed by atoms with Crippen molar-refractivity contribution < 1.29 is 69.8 Å². The minimum absolute atomic E-state index is 0. The molecule has 0 aliphatic heterocycles. The van der Waals surface area contributed by atoms with Crippen LogP contribution in [0.25, 0.3) is 0 Å². The maximum atomic E-state index is 9.92. The van der Waals surface area contributed by atoms with Crippen molar-refractivity contribution in [3.63, 3.8) is 0 Å². The van der Waals surface area contributed by atoms with Crippen molar-refractivity contribution in [1.82, 2.24) is 0 Å². The van der Waals surface area contributed by atoms with Crippen molar-refractivity contribution >= 4 is 10.1 Å². The normalized spacial score (nSPS) is 10.9. The molecule has 0 aromatic carbocycles. The molecule has 0 radical (unpaired) electrons. The maximum absolute atomic E-state index is 9.92. The van der Waals surface area contributed by atoms with Crippen molar-refractivity contribution in [2.45, 2.75) is 6.92 Å². The Morgan fingerprint density at radius 3 is 2.00 bits per heavy atom. The maximum Gasteiger partial charge on any atom is 1.00 e. The average Bonchev–Trinajstić information content (AvgIpc) is 1.62. The topological polar surface area (TPSA) is 88.7 Å². The molecule has 0 amide bonds. The van der Waals surface area contributed by atoms with E-state index in [1.165, 1.54) is 13.0 Å². The Bertz CT molecular complexity index is 229. The summed E-state index contributed by atoms with van der Waals surface area (Å²) < 4.78 is 29.8. The van der Waals surface area contributed by atoms with Gasteiger partial charge in [-0.3, -0.25) is 0 Å². The minimum Gasteiger partial charge on any atom is -0.744 e. The summed E-state index contributed by atoms with van der Waals surface area (Å²) in [6.07, 6.45) is 1.30. The third-order valence-electron chi connectivity index (χ3n) is 0.652. The van der Waals surface area contributed by atoms with Crippen LogP contribution in [0.4, 0.5) is 0 Å². The van der Waals surface area contributed by atoms with E-state index in [0.717, 1.165) is 0 Å². The Labute approximate surface area is 109 Å². The first-order valence-corrected chi connectivity index (χ1v) is 3.69. The first kappa shape index (κ1) is 17.9. The fourth-order valence-corrected chi connectivity index (χ4v) is 0.827. The van der Waals surface area contributed by atoms with Crippen molar-refractivity contribution in [3.8, 4) is 0 Å². The van der Waals surface area contributed by atoms with Gasteiger partial charge in [0.05, 0.1) is 0 Å². The van der Waals surface area contributed by atoms with Crippen LogP contribution in [0.5, 0.6) is 0 Å². The van der Waals surface area contributed by atoms with E-state index >= 15 is 0 Å². The second-order valence-corrected chi connectivity index (χ2v) is 2.78. The minimum atomic E-state index is -4.22.